The fourth-order valence-electron chi connectivity index (χ4n) is 1.48. The molecule has 1 aliphatic heterocycles. The molecule has 1 aromatic rings. The first-order valence-electron chi connectivity index (χ1n) is 4.14. The summed E-state index contributed by atoms with van der Waals surface area (Å²) < 4.78 is 0.705. The third-order valence-corrected chi connectivity index (χ3v) is 2.12. The molecule has 12 heavy (non-hydrogen) atoms. The van der Waals surface area contributed by atoms with E-state index in [-0.39, 0.29) is 0 Å². The normalized spacial score (nSPS) is 18.8. The molecule has 1 aliphatic rings. The summed E-state index contributed by atoms with van der Waals surface area (Å²) in [4.78, 5) is 0. The van der Waals surface area contributed by atoms with Crippen molar-refractivity contribution in [1.29, 1.82) is 0 Å². The largest absolute Gasteiger partial charge is 0.199 e. The standard InChI is InChI=1S/C10H13N2/c1-12(2)8-10-6-4-3-5-9(10)7-11-12/h3-7H,8H2,1-2H3/q+1. The Hall–Kier alpha value is -1.15. The Morgan fingerprint density at radius 3 is 2.83 bits per heavy atom. The fourth-order valence-corrected chi connectivity index (χ4v) is 1.48. The molecule has 0 aliphatic carbocycles. The molecule has 0 saturated heterocycles. The van der Waals surface area contributed by atoms with Gasteiger partial charge in [-0.15, -0.1) is 0 Å². The van der Waals surface area contributed by atoms with Crippen LogP contribution in [-0.4, -0.2) is 24.9 Å². The molecular weight excluding hydrogens is 148 g/mol. The van der Waals surface area contributed by atoms with Gasteiger partial charge < -0.3 is 0 Å². The molecule has 0 unspecified atom stereocenters. The Labute approximate surface area is 72.7 Å². The van der Waals surface area contributed by atoms with Crippen LogP contribution < -0.4 is 0 Å². The third kappa shape index (κ3) is 1.25. The molecular formula is C10H13N2+. The van der Waals surface area contributed by atoms with E-state index < -0.39 is 0 Å². The minimum absolute atomic E-state index is 0.705. The molecule has 0 N–H and O–H groups in total. The molecule has 0 amide bonds. The number of rotatable bonds is 0. The number of fused-ring (bicyclic) bond motifs is 1. The summed E-state index contributed by atoms with van der Waals surface area (Å²) in [5.74, 6) is 0. The van der Waals surface area contributed by atoms with Gasteiger partial charge in [-0.2, -0.15) is 4.59 Å². The van der Waals surface area contributed by atoms with E-state index in [1.165, 1.54) is 11.1 Å². The zero-order chi connectivity index (χ0) is 8.60. The first-order chi connectivity index (χ1) is 5.67. The smallest absolute Gasteiger partial charge is 0.129 e. The van der Waals surface area contributed by atoms with E-state index in [0.29, 0.717) is 4.59 Å². The van der Waals surface area contributed by atoms with E-state index in [2.05, 4.69) is 43.5 Å². The first-order valence-corrected chi connectivity index (χ1v) is 4.14. The van der Waals surface area contributed by atoms with Crippen molar-refractivity contribution in [2.75, 3.05) is 14.1 Å². The van der Waals surface area contributed by atoms with Crippen molar-refractivity contribution in [3.63, 3.8) is 0 Å². The highest BCUT2D eigenvalue weighted by atomic mass is 15.6. The highest BCUT2D eigenvalue weighted by Gasteiger charge is 2.20. The average molecular weight is 161 g/mol. The maximum atomic E-state index is 4.42. The van der Waals surface area contributed by atoms with Crippen LogP contribution in [0.2, 0.25) is 0 Å². The van der Waals surface area contributed by atoms with Gasteiger partial charge in [-0.3, -0.25) is 0 Å². The second kappa shape index (κ2) is 2.42. The Bertz CT molecular complexity index is 326. The van der Waals surface area contributed by atoms with Crippen molar-refractivity contribution in [1.82, 2.24) is 0 Å². The van der Waals surface area contributed by atoms with Gasteiger partial charge in [-0.05, 0) is 0 Å². The summed E-state index contributed by atoms with van der Waals surface area (Å²) in [5, 5.41) is 4.42. The summed E-state index contributed by atoms with van der Waals surface area (Å²) in [5.41, 5.74) is 2.65. The Morgan fingerprint density at radius 2 is 2.00 bits per heavy atom. The van der Waals surface area contributed by atoms with E-state index in [1.807, 2.05) is 6.21 Å². The van der Waals surface area contributed by atoms with Crippen LogP contribution >= 0.6 is 0 Å². The van der Waals surface area contributed by atoms with E-state index in [0.717, 1.165) is 6.54 Å². The van der Waals surface area contributed by atoms with Gasteiger partial charge in [-0.25, -0.2) is 0 Å². The number of hydrogen-bond acceptors (Lipinski definition) is 1. The van der Waals surface area contributed by atoms with E-state index in [4.69, 9.17) is 0 Å². The predicted molar refractivity (Wildman–Crippen MR) is 49.8 cm³/mol. The molecule has 0 radical (unpaired) electrons. The minimum atomic E-state index is 0.705. The van der Waals surface area contributed by atoms with Crippen molar-refractivity contribution in [3.05, 3.63) is 35.4 Å². The van der Waals surface area contributed by atoms with Gasteiger partial charge in [0.15, 0.2) is 0 Å². The van der Waals surface area contributed by atoms with Gasteiger partial charge in [0.2, 0.25) is 0 Å². The lowest BCUT2D eigenvalue weighted by atomic mass is 10.1. The average Bonchev–Trinajstić information content (AvgIpc) is 2.02. The zero-order valence-corrected chi connectivity index (χ0v) is 7.49. The van der Waals surface area contributed by atoms with Crippen molar-refractivity contribution >= 4 is 6.21 Å². The van der Waals surface area contributed by atoms with Crippen LogP contribution in [0.5, 0.6) is 0 Å². The van der Waals surface area contributed by atoms with Gasteiger partial charge in [0.25, 0.3) is 0 Å². The highest BCUT2D eigenvalue weighted by Crippen LogP contribution is 2.17. The van der Waals surface area contributed by atoms with Gasteiger partial charge in [0, 0.05) is 11.1 Å². The molecule has 1 aromatic carbocycles. The second-order valence-electron chi connectivity index (χ2n) is 3.72. The van der Waals surface area contributed by atoms with Crippen molar-refractivity contribution in [2.45, 2.75) is 6.54 Å². The Kier molecular flexibility index (Phi) is 1.51. The number of quaternary nitrogens is 1. The molecule has 0 fully saturated rings. The molecule has 0 atom stereocenters. The number of nitrogens with zero attached hydrogens (tertiary/aromatic N) is 2. The quantitative estimate of drug-likeness (QED) is 0.513. The maximum Gasteiger partial charge on any atom is 0.129 e. The lowest BCUT2D eigenvalue weighted by molar-refractivity contribution is -0.910. The Balaban J connectivity index is 2.46. The van der Waals surface area contributed by atoms with Crippen LogP contribution in [0.3, 0.4) is 0 Å². The summed E-state index contributed by atoms with van der Waals surface area (Å²) in [6.45, 7) is 0.993. The third-order valence-electron chi connectivity index (χ3n) is 2.12. The topological polar surface area (TPSA) is 12.4 Å². The van der Waals surface area contributed by atoms with Crippen LogP contribution in [0, 0.1) is 0 Å². The van der Waals surface area contributed by atoms with E-state index in [1.54, 1.807) is 0 Å². The van der Waals surface area contributed by atoms with E-state index >= 15 is 0 Å². The number of hydrogen-bond donors (Lipinski definition) is 0. The lowest BCUT2D eigenvalue weighted by Crippen LogP contribution is -2.35. The van der Waals surface area contributed by atoms with Gasteiger partial charge in [0.05, 0.1) is 20.3 Å². The van der Waals surface area contributed by atoms with Crippen molar-refractivity contribution in [3.8, 4) is 0 Å². The summed E-state index contributed by atoms with van der Waals surface area (Å²) >= 11 is 0. The predicted octanol–water partition coefficient (Wildman–Crippen LogP) is 1.61. The summed E-state index contributed by atoms with van der Waals surface area (Å²) in [6.07, 6.45) is 1.96. The first kappa shape index (κ1) is 7.50. The zero-order valence-electron chi connectivity index (χ0n) is 7.49. The highest BCUT2D eigenvalue weighted by molar-refractivity contribution is 5.81. The van der Waals surface area contributed by atoms with Gasteiger partial charge >= 0.3 is 0 Å². The molecule has 0 saturated carbocycles. The van der Waals surface area contributed by atoms with Gasteiger partial charge in [0.1, 0.15) is 6.54 Å². The molecule has 0 aromatic heterocycles. The Morgan fingerprint density at radius 1 is 1.25 bits per heavy atom. The van der Waals surface area contributed by atoms with Crippen LogP contribution in [0.1, 0.15) is 11.1 Å². The van der Waals surface area contributed by atoms with E-state index in [9.17, 15) is 0 Å². The summed E-state index contributed by atoms with van der Waals surface area (Å²) in [6, 6.07) is 8.41. The molecule has 2 heteroatoms. The van der Waals surface area contributed by atoms with Gasteiger partial charge in [-0.1, -0.05) is 29.4 Å². The molecule has 0 bridgehead atoms. The molecule has 1 heterocycles. The second-order valence-corrected chi connectivity index (χ2v) is 3.72. The molecule has 62 valence electrons. The number of benzene rings is 1. The van der Waals surface area contributed by atoms with Crippen LogP contribution in [-0.2, 0) is 6.54 Å². The van der Waals surface area contributed by atoms with Crippen LogP contribution in [0.4, 0.5) is 0 Å². The van der Waals surface area contributed by atoms with Crippen molar-refractivity contribution in [2.24, 2.45) is 5.10 Å². The molecule has 0 spiro atoms. The monoisotopic (exact) mass is 161 g/mol. The minimum Gasteiger partial charge on any atom is -0.199 e. The molecule has 2 nitrogen and oxygen atoms in total. The lowest BCUT2D eigenvalue weighted by Gasteiger charge is -2.26. The summed E-state index contributed by atoms with van der Waals surface area (Å²) in [7, 11) is 4.21. The maximum absolute atomic E-state index is 4.42. The van der Waals surface area contributed by atoms with Crippen LogP contribution in [0.15, 0.2) is 29.4 Å². The SMILES string of the molecule is C[N+]1(C)Cc2ccccc2C=N1. The van der Waals surface area contributed by atoms with Crippen molar-refractivity contribution < 1.29 is 4.59 Å². The van der Waals surface area contributed by atoms with Crippen LogP contribution in [0.25, 0.3) is 0 Å². The fraction of sp³-hybridized carbons (Fsp3) is 0.300. The molecule has 2 rings (SSSR count).